The molecular weight excluding hydrogens is 286 g/mol. The zero-order valence-electron chi connectivity index (χ0n) is 9.29. The van der Waals surface area contributed by atoms with E-state index in [0.29, 0.717) is 6.54 Å². The largest absolute Gasteiger partial charge is 0.396 e. The molecule has 1 saturated carbocycles. The second-order valence-corrected chi connectivity index (χ2v) is 7.44. The third-order valence-corrected chi connectivity index (χ3v) is 4.99. The van der Waals surface area contributed by atoms with E-state index >= 15 is 0 Å². The summed E-state index contributed by atoms with van der Waals surface area (Å²) >= 11 is 5.21. The van der Waals surface area contributed by atoms with Crippen molar-refractivity contribution in [1.29, 1.82) is 0 Å². The highest BCUT2D eigenvalue weighted by molar-refractivity contribution is 9.11. The lowest BCUT2D eigenvalue weighted by atomic mass is 9.79. The van der Waals surface area contributed by atoms with E-state index in [1.807, 2.05) is 0 Å². The van der Waals surface area contributed by atoms with Crippen LogP contribution in [0.4, 0.5) is 0 Å². The fourth-order valence-electron chi connectivity index (χ4n) is 2.16. The van der Waals surface area contributed by atoms with Crippen LogP contribution in [0.25, 0.3) is 0 Å². The Labute approximate surface area is 109 Å². The molecule has 2 nitrogen and oxygen atoms in total. The van der Waals surface area contributed by atoms with Crippen LogP contribution < -0.4 is 5.73 Å². The van der Waals surface area contributed by atoms with E-state index in [2.05, 4.69) is 28.1 Å². The summed E-state index contributed by atoms with van der Waals surface area (Å²) in [5, 5.41) is 9.63. The van der Waals surface area contributed by atoms with Gasteiger partial charge in [-0.2, -0.15) is 0 Å². The summed E-state index contributed by atoms with van der Waals surface area (Å²) in [4.78, 5) is 1.31. The van der Waals surface area contributed by atoms with Gasteiger partial charge in [0.1, 0.15) is 0 Å². The molecule has 16 heavy (non-hydrogen) atoms. The molecule has 0 saturated heterocycles. The molecule has 1 unspecified atom stereocenters. The van der Waals surface area contributed by atoms with Crippen molar-refractivity contribution in [2.24, 2.45) is 17.1 Å². The fraction of sp³-hybridized carbons (Fsp3) is 0.667. The van der Waals surface area contributed by atoms with Gasteiger partial charge in [0, 0.05) is 16.8 Å². The van der Waals surface area contributed by atoms with E-state index in [-0.39, 0.29) is 12.0 Å². The van der Waals surface area contributed by atoms with Gasteiger partial charge >= 0.3 is 0 Å². The van der Waals surface area contributed by atoms with Crippen molar-refractivity contribution in [3.05, 3.63) is 20.8 Å². The van der Waals surface area contributed by atoms with Crippen LogP contribution in [-0.2, 0) is 6.42 Å². The zero-order valence-corrected chi connectivity index (χ0v) is 11.7. The number of rotatable bonds is 6. The minimum Gasteiger partial charge on any atom is -0.396 e. The third kappa shape index (κ3) is 3.06. The topological polar surface area (TPSA) is 46.2 Å². The molecule has 0 amide bonds. The maximum atomic E-state index is 9.63. The van der Waals surface area contributed by atoms with Crippen molar-refractivity contribution in [2.45, 2.75) is 25.7 Å². The minimum absolute atomic E-state index is 0.0918. The lowest BCUT2D eigenvalue weighted by Crippen LogP contribution is -2.36. The van der Waals surface area contributed by atoms with Crippen molar-refractivity contribution in [3.63, 3.8) is 0 Å². The van der Waals surface area contributed by atoms with Crippen LogP contribution in [0, 0.1) is 11.3 Å². The van der Waals surface area contributed by atoms with E-state index in [9.17, 15) is 5.11 Å². The van der Waals surface area contributed by atoms with E-state index in [0.717, 1.165) is 22.5 Å². The van der Waals surface area contributed by atoms with Crippen LogP contribution in [0.2, 0.25) is 0 Å². The monoisotopic (exact) mass is 303 g/mol. The molecule has 2 rings (SSSR count). The lowest BCUT2D eigenvalue weighted by molar-refractivity contribution is 0.116. The van der Waals surface area contributed by atoms with E-state index in [1.165, 1.54) is 17.7 Å². The molecule has 1 fully saturated rings. The molecule has 3 N–H and O–H groups in total. The molecular formula is C12H18BrNOS. The van der Waals surface area contributed by atoms with Crippen molar-refractivity contribution in [1.82, 2.24) is 0 Å². The Balaban J connectivity index is 2.05. The summed E-state index contributed by atoms with van der Waals surface area (Å²) in [6, 6.07) is 4.19. The first kappa shape index (κ1) is 12.6. The number of hydrogen-bond donors (Lipinski definition) is 2. The first-order valence-corrected chi connectivity index (χ1v) is 7.33. The molecule has 90 valence electrons. The van der Waals surface area contributed by atoms with E-state index in [1.54, 1.807) is 11.3 Å². The molecule has 0 aliphatic heterocycles. The molecule has 0 aromatic carbocycles. The highest BCUT2D eigenvalue weighted by atomic mass is 79.9. The summed E-state index contributed by atoms with van der Waals surface area (Å²) in [5.41, 5.74) is 5.79. The predicted molar refractivity (Wildman–Crippen MR) is 71.6 cm³/mol. The van der Waals surface area contributed by atoms with Crippen LogP contribution >= 0.6 is 27.3 Å². The first-order valence-electron chi connectivity index (χ1n) is 5.72. The summed E-state index contributed by atoms with van der Waals surface area (Å²) < 4.78 is 1.15. The van der Waals surface area contributed by atoms with Crippen molar-refractivity contribution in [2.75, 3.05) is 13.2 Å². The van der Waals surface area contributed by atoms with Gasteiger partial charge in [-0.1, -0.05) is 12.8 Å². The molecule has 4 heteroatoms. The maximum absolute atomic E-state index is 9.63. The van der Waals surface area contributed by atoms with Crippen LogP contribution in [0.15, 0.2) is 15.9 Å². The van der Waals surface area contributed by atoms with Gasteiger partial charge in [0.2, 0.25) is 0 Å². The highest BCUT2D eigenvalue weighted by Crippen LogP contribution is 2.42. The standard InChI is InChI=1S/C12H18BrNOS/c13-11-4-3-10(16-11)6-12(7-14,8-15)5-9-1-2-9/h3-4,9,15H,1-2,5-8,14H2. The van der Waals surface area contributed by atoms with Gasteiger partial charge < -0.3 is 10.8 Å². The Morgan fingerprint density at radius 3 is 2.69 bits per heavy atom. The molecule has 1 aromatic heterocycles. The quantitative estimate of drug-likeness (QED) is 0.849. The normalized spacial score (nSPS) is 19.7. The summed E-state index contributed by atoms with van der Waals surface area (Å²) in [7, 11) is 0. The smallest absolute Gasteiger partial charge is 0.0701 e. The Hall–Kier alpha value is 0.1000. The first-order chi connectivity index (χ1) is 7.67. The number of halogens is 1. The average Bonchev–Trinajstić information content (AvgIpc) is 3.00. The predicted octanol–water partition coefficient (Wildman–Crippen LogP) is 2.79. The Morgan fingerprint density at radius 1 is 1.50 bits per heavy atom. The van der Waals surface area contributed by atoms with Gasteiger partial charge in [0.15, 0.2) is 0 Å². The van der Waals surface area contributed by atoms with Crippen LogP contribution in [0.5, 0.6) is 0 Å². The van der Waals surface area contributed by atoms with Gasteiger partial charge in [0.05, 0.1) is 10.4 Å². The molecule has 1 aliphatic carbocycles. The van der Waals surface area contributed by atoms with Gasteiger partial charge in [0.25, 0.3) is 0 Å². The van der Waals surface area contributed by atoms with Crippen molar-refractivity contribution < 1.29 is 5.11 Å². The SMILES string of the molecule is NCC(CO)(Cc1ccc(Br)s1)CC1CC1. The van der Waals surface area contributed by atoms with Crippen molar-refractivity contribution in [3.8, 4) is 0 Å². The Bertz CT molecular complexity index is 345. The van der Waals surface area contributed by atoms with Crippen LogP contribution in [0.1, 0.15) is 24.1 Å². The van der Waals surface area contributed by atoms with E-state index < -0.39 is 0 Å². The molecule has 0 bridgehead atoms. The van der Waals surface area contributed by atoms with Gasteiger partial charge in [-0.25, -0.2) is 0 Å². The summed E-state index contributed by atoms with van der Waals surface area (Å²) in [6.45, 7) is 0.783. The highest BCUT2D eigenvalue weighted by Gasteiger charge is 2.36. The number of aliphatic hydroxyl groups excluding tert-OH is 1. The molecule has 1 atom stereocenters. The minimum atomic E-state index is -0.0918. The number of nitrogens with two attached hydrogens (primary N) is 1. The third-order valence-electron chi connectivity index (χ3n) is 3.37. The molecule has 1 aromatic rings. The van der Waals surface area contributed by atoms with Crippen LogP contribution in [0.3, 0.4) is 0 Å². The van der Waals surface area contributed by atoms with Gasteiger partial charge in [-0.05, 0) is 46.8 Å². The molecule has 0 spiro atoms. The lowest BCUT2D eigenvalue weighted by Gasteiger charge is -2.30. The molecule has 1 aliphatic rings. The number of thiophene rings is 1. The Kier molecular flexibility index (Phi) is 4.06. The molecule has 0 radical (unpaired) electrons. The van der Waals surface area contributed by atoms with Crippen LogP contribution in [-0.4, -0.2) is 18.3 Å². The Morgan fingerprint density at radius 2 is 2.25 bits per heavy atom. The second-order valence-electron chi connectivity index (χ2n) is 4.89. The summed E-state index contributed by atoms with van der Waals surface area (Å²) in [5.74, 6) is 0.805. The van der Waals surface area contributed by atoms with Gasteiger partial charge in [-0.15, -0.1) is 11.3 Å². The number of aliphatic hydroxyl groups is 1. The number of hydrogen-bond acceptors (Lipinski definition) is 3. The van der Waals surface area contributed by atoms with Crippen molar-refractivity contribution >= 4 is 27.3 Å². The molecule has 1 heterocycles. The van der Waals surface area contributed by atoms with E-state index in [4.69, 9.17) is 5.73 Å². The fourth-order valence-corrected chi connectivity index (χ4v) is 3.82. The van der Waals surface area contributed by atoms with Gasteiger partial charge in [-0.3, -0.25) is 0 Å². The zero-order chi connectivity index (χ0) is 11.6. The summed E-state index contributed by atoms with van der Waals surface area (Å²) in [6.07, 6.45) is 4.62. The maximum Gasteiger partial charge on any atom is 0.0701 e. The average molecular weight is 304 g/mol. The second kappa shape index (κ2) is 5.17.